The number of nitrogens with one attached hydrogen (secondary N) is 1. The maximum atomic E-state index is 11.4. The molecule has 1 saturated carbocycles. The molecule has 1 aliphatic rings. The molecule has 90 valence electrons. The molecule has 0 spiro atoms. The van der Waals surface area contributed by atoms with Crippen molar-refractivity contribution >= 4 is 12.0 Å². The van der Waals surface area contributed by atoms with Crippen molar-refractivity contribution in [1.82, 2.24) is 15.3 Å². The van der Waals surface area contributed by atoms with E-state index in [1.807, 2.05) is 6.92 Å². The second-order valence-corrected chi connectivity index (χ2v) is 3.85. The lowest BCUT2D eigenvalue weighted by atomic mass is 10.3. The number of carbonyl (C=O) groups is 1. The van der Waals surface area contributed by atoms with Gasteiger partial charge < -0.3 is 10.1 Å². The van der Waals surface area contributed by atoms with Crippen LogP contribution >= 0.6 is 0 Å². The first-order valence-electron chi connectivity index (χ1n) is 5.71. The Hall–Kier alpha value is -1.91. The lowest BCUT2D eigenvalue weighted by molar-refractivity contribution is -0.116. The average molecular weight is 233 g/mol. The number of aromatic nitrogens is 2. The lowest BCUT2D eigenvalue weighted by Gasteiger charge is -1.99. The van der Waals surface area contributed by atoms with Crippen molar-refractivity contribution in [3.8, 4) is 6.01 Å². The molecule has 1 amide bonds. The van der Waals surface area contributed by atoms with E-state index in [4.69, 9.17) is 4.74 Å². The lowest BCUT2D eigenvalue weighted by Crippen LogP contribution is -2.22. The summed E-state index contributed by atoms with van der Waals surface area (Å²) in [5, 5.41) is 2.86. The zero-order valence-electron chi connectivity index (χ0n) is 9.72. The van der Waals surface area contributed by atoms with Gasteiger partial charge in [-0.15, -0.1) is 0 Å². The number of amides is 1. The predicted octanol–water partition coefficient (Wildman–Crippen LogP) is 1.17. The molecule has 1 aromatic rings. The van der Waals surface area contributed by atoms with Crippen molar-refractivity contribution in [1.29, 1.82) is 0 Å². The monoisotopic (exact) mass is 233 g/mol. The van der Waals surface area contributed by atoms with Gasteiger partial charge in [-0.25, -0.2) is 9.97 Å². The summed E-state index contributed by atoms with van der Waals surface area (Å²) in [6, 6.07) is 0.732. The van der Waals surface area contributed by atoms with Crippen LogP contribution in [0.15, 0.2) is 18.5 Å². The van der Waals surface area contributed by atoms with Crippen molar-refractivity contribution < 1.29 is 9.53 Å². The fourth-order valence-electron chi connectivity index (χ4n) is 1.26. The number of hydrogen-bond acceptors (Lipinski definition) is 4. The number of hydrogen-bond donors (Lipinski definition) is 1. The molecule has 1 N–H and O–H groups in total. The molecule has 0 aromatic carbocycles. The SMILES string of the molecule is CCOc1ncc(/C=C/C(=O)NC2CC2)cn1. The molecule has 5 nitrogen and oxygen atoms in total. The van der Waals surface area contributed by atoms with Gasteiger partial charge in [0.1, 0.15) is 0 Å². The van der Waals surface area contributed by atoms with Crippen LogP contribution in [0.1, 0.15) is 25.3 Å². The maximum Gasteiger partial charge on any atom is 0.316 e. The topological polar surface area (TPSA) is 64.1 Å². The summed E-state index contributed by atoms with van der Waals surface area (Å²) in [7, 11) is 0. The van der Waals surface area contributed by atoms with Crippen LogP contribution in [0.25, 0.3) is 6.08 Å². The predicted molar refractivity (Wildman–Crippen MR) is 63.4 cm³/mol. The van der Waals surface area contributed by atoms with E-state index in [0.717, 1.165) is 18.4 Å². The van der Waals surface area contributed by atoms with Crippen LogP contribution < -0.4 is 10.1 Å². The van der Waals surface area contributed by atoms with E-state index in [0.29, 0.717) is 18.7 Å². The van der Waals surface area contributed by atoms with Crippen LogP contribution in [-0.2, 0) is 4.79 Å². The Bertz CT molecular complexity index is 410. The van der Waals surface area contributed by atoms with E-state index >= 15 is 0 Å². The summed E-state index contributed by atoms with van der Waals surface area (Å²) >= 11 is 0. The summed E-state index contributed by atoms with van der Waals surface area (Å²) in [6.45, 7) is 2.42. The van der Waals surface area contributed by atoms with E-state index in [1.54, 1.807) is 18.5 Å². The summed E-state index contributed by atoms with van der Waals surface area (Å²) in [6.07, 6.45) is 8.61. The van der Waals surface area contributed by atoms with Crippen molar-refractivity contribution in [2.24, 2.45) is 0 Å². The zero-order chi connectivity index (χ0) is 12.1. The Balaban J connectivity index is 1.88. The Morgan fingerprint density at radius 1 is 1.53 bits per heavy atom. The van der Waals surface area contributed by atoms with Gasteiger partial charge in [0, 0.05) is 30.1 Å². The summed E-state index contributed by atoms with van der Waals surface area (Å²) in [5.41, 5.74) is 0.777. The van der Waals surface area contributed by atoms with Crippen LogP contribution in [0, 0.1) is 0 Å². The van der Waals surface area contributed by atoms with Crippen LogP contribution in [-0.4, -0.2) is 28.5 Å². The highest BCUT2D eigenvalue weighted by Gasteiger charge is 2.21. The highest BCUT2D eigenvalue weighted by molar-refractivity contribution is 5.91. The van der Waals surface area contributed by atoms with Crippen LogP contribution in [0.4, 0.5) is 0 Å². The maximum absolute atomic E-state index is 11.4. The smallest absolute Gasteiger partial charge is 0.316 e. The van der Waals surface area contributed by atoms with Gasteiger partial charge in [-0.05, 0) is 25.8 Å². The van der Waals surface area contributed by atoms with Gasteiger partial charge in [0.05, 0.1) is 6.61 Å². The summed E-state index contributed by atoms with van der Waals surface area (Å²) in [5.74, 6) is -0.0682. The van der Waals surface area contributed by atoms with Gasteiger partial charge >= 0.3 is 6.01 Å². The highest BCUT2D eigenvalue weighted by Crippen LogP contribution is 2.18. The largest absolute Gasteiger partial charge is 0.464 e. The minimum absolute atomic E-state index is 0.0682. The van der Waals surface area contributed by atoms with Gasteiger partial charge in [-0.1, -0.05) is 0 Å². The van der Waals surface area contributed by atoms with E-state index in [1.165, 1.54) is 6.08 Å². The second-order valence-electron chi connectivity index (χ2n) is 3.85. The van der Waals surface area contributed by atoms with Crippen molar-refractivity contribution in [3.05, 3.63) is 24.0 Å². The minimum atomic E-state index is -0.0682. The molecule has 0 aliphatic heterocycles. The van der Waals surface area contributed by atoms with E-state index < -0.39 is 0 Å². The van der Waals surface area contributed by atoms with E-state index in [2.05, 4.69) is 15.3 Å². The molecule has 1 aliphatic carbocycles. The standard InChI is InChI=1S/C12H15N3O2/c1-2-17-12-13-7-9(8-14-12)3-6-11(16)15-10-4-5-10/h3,6-8,10H,2,4-5H2,1H3,(H,15,16)/b6-3+. The Kier molecular flexibility index (Phi) is 3.69. The van der Waals surface area contributed by atoms with Gasteiger partial charge in [-0.3, -0.25) is 4.79 Å². The molecule has 1 heterocycles. The molecule has 5 heteroatoms. The van der Waals surface area contributed by atoms with Crippen molar-refractivity contribution in [2.75, 3.05) is 6.61 Å². The number of carbonyl (C=O) groups excluding carboxylic acids is 1. The Morgan fingerprint density at radius 2 is 2.24 bits per heavy atom. The molecule has 0 radical (unpaired) electrons. The van der Waals surface area contributed by atoms with Gasteiger partial charge in [0.2, 0.25) is 5.91 Å². The molecule has 1 aromatic heterocycles. The fraction of sp³-hybridized carbons (Fsp3) is 0.417. The van der Waals surface area contributed by atoms with Crippen molar-refractivity contribution in [3.63, 3.8) is 0 Å². The third-order valence-corrected chi connectivity index (χ3v) is 2.27. The highest BCUT2D eigenvalue weighted by atomic mass is 16.5. The molecule has 0 bridgehead atoms. The summed E-state index contributed by atoms with van der Waals surface area (Å²) in [4.78, 5) is 19.4. The molecule has 0 unspecified atom stereocenters. The van der Waals surface area contributed by atoms with Crippen LogP contribution in [0.5, 0.6) is 6.01 Å². The molecule has 17 heavy (non-hydrogen) atoms. The van der Waals surface area contributed by atoms with E-state index in [-0.39, 0.29) is 5.91 Å². The molecular formula is C12H15N3O2. The Morgan fingerprint density at radius 3 is 2.82 bits per heavy atom. The minimum Gasteiger partial charge on any atom is -0.464 e. The first kappa shape index (κ1) is 11.6. The third-order valence-electron chi connectivity index (χ3n) is 2.27. The number of rotatable bonds is 5. The first-order chi connectivity index (χ1) is 8.28. The van der Waals surface area contributed by atoms with Crippen LogP contribution in [0.3, 0.4) is 0 Å². The molecule has 2 rings (SSSR count). The molecule has 0 atom stereocenters. The normalized spacial score (nSPS) is 14.9. The average Bonchev–Trinajstić information content (AvgIpc) is 3.12. The fourth-order valence-corrected chi connectivity index (χ4v) is 1.26. The van der Waals surface area contributed by atoms with Gasteiger partial charge in [-0.2, -0.15) is 0 Å². The number of ether oxygens (including phenoxy) is 1. The van der Waals surface area contributed by atoms with E-state index in [9.17, 15) is 4.79 Å². The first-order valence-corrected chi connectivity index (χ1v) is 5.71. The molecule has 0 saturated heterocycles. The number of nitrogens with zero attached hydrogens (tertiary/aromatic N) is 2. The Labute approximate surface area is 99.9 Å². The van der Waals surface area contributed by atoms with Gasteiger partial charge in [0.25, 0.3) is 0 Å². The quantitative estimate of drug-likeness (QED) is 0.775. The second kappa shape index (κ2) is 5.43. The van der Waals surface area contributed by atoms with Crippen LogP contribution in [0.2, 0.25) is 0 Å². The summed E-state index contributed by atoms with van der Waals surface area (Å²) < 4.78 is 5.12. The zero-order valence-corrected chi connectivity index (χ0v) is 9.72. The van der Waals surface area contributed by atoms with Crippen molar-refractivity contribution in [2.45, 2.75) is 25.8 Å². The molecular weight excluding hydrogens is 218 g/mol. The third kappa shape index (κ3) is 3.86. The van der Waals surface area contributed by atoms with Gasteiger partial charge in [0.15, 0.2) is 0 Å². The molecule has 1 fully saturated rings.